The lowest BCUT2D eigenvalue weighted by molar-refractivity contribution is 1.07. The molecule has 1 nitrogen and oxygen atoms in total. The number of rotatable bonds is 4. The van der Waals surface area contributed by atoms with Crippen LogP contribution in [0.5, 0.6) is 0 Å². The second kappa shape index (κ2) is 6.10. The molecule has 0 aliphatic rings. The Morgan fingerprint density at radius 2 is 1.47 bits per heavy atom. The van der Waals surface area contributed by atoms with Crippen molar-refractivity contribution in [3.05, 3.63) is 64.7 Å². The molecule has 0 spiro atoms. The molecule has 0 bridgehead atoms. The minimum atomic E-state index is 0.602. The number of hydrogen-bond acceptors (Lipinski definition) is 2. The van der Waals surface area contributed by atoms with E-state index in [1.807, 2.05) is 24.3 Å². The summed E-state index contributed by atoms with van der Waals surface area (Å²) in [6.07, 6.45) is 0. The first-order valence-corrected chi connectivity index (χ1v) is 6.80. The van der Waals surface area contributed by atoms with Crippen molar-refractivity contribution < 1.29 is 0 Å². The van der Waals surface area contributed by atoms with Crippen LogP contribution in [0.25, 0.3) is 0 Å². The molecule has 2 aromatic carbocycles. The zero-order valence-corrected chi connectivity index (χ0v) is 11.0. The molecule has 0 saturated heterocycles. The van der Waals surface area contributed by atoms with Gasteiger partial charge in [0, 0.05) is 22.2 Å². The molecule has 2 rings (SSSR count). The number of nitrogens with two attached hydrogens (primary N) is 1. The molecule has 0 heterocycles. The lowest BCUT2D eigenvalue weighted by atomic mass is 10.1. The summed E-state index contributed by atoms with van der Waals surface area (Å²) in [5.41, 5.74) is 8.04. The van der Waals surface area contributed by atoms with Crippen LogP contribution in [0, 0.1) is 0 Å². The molecule has 0 radical (unpaired) electrons. The third-order valence-electron chi connectivity index (χ3n) is 2.48. The van der Waals surface area contributed by atoms with Crippen LogP contribution in [-0.2, 0) is 12.3 Å². The standard InChI is InChI=1S/C14H14ClNS/c15-13-5-7-14(8-6-13)17-10-12-3-1-11(9-16)2-4-12/h1-8H,9-10,16H2. The first kappa shape index (κ1) is 12.5. The van der Waals surface area contributed by atoms with Gasteiger partial charge in [0.1, 0.15) is 0 Å². The molecule has 2 aromatic rings. The maximum absolute atomic E-state index is 5.84. The Bertz CT molecular complexity index is 465. The van der Waals surface area contributed by atoms with Crippen molar-refractivity contribution in [2.75, 3.05) is 0 Å². The van der Waals surface area contributed by atoms with Gasteiger partial charge in [-0.15, -0.1) is 11.8 Å². The summed E-state index contributed by atoms with van der Waals surface area (Å²) in [5.74, 6) is 0.965. The fourth-order valence-electron chi connectivity index (χ4n) is 1.47. The second-order valence-electron chi connectivity index (χ2n) is 3.76. The fraction of sp³-hybridized carbons (Fsp3) is 0.143. The van der Waals surface area contributed by atoms with Gasteiger partial charge < -0.3 is 5.73 Å². The lowest BCUT2D eigenvalue weighted by Gasteiger charge is -2.03. The van der Waals surface area contributed by atoms with Crippen molar-refractivity contribution in [3.8, 4) is 0 Å². The molecule has 3 heteroatoms. The van der Waals surface area contributed by atoms with Gasteiger partial charge in [-0.1, -0.05) is 35.9 Å². The summed E-state index contributed by atoms with van der Waals surface area (Å²) in [4.78, 5) is 1.23. The van der Waals surface area contributed by atoms with E-state index in [2.05, 4.69) is 24.3 Å². The highest BCUT2D eigenvalue weighted by Crippen LogP contribution is 2.24. The molecule has 0 unspecified atom stereocenters. The Kier molecular flexibility index (Phi) is 4.49. The van der Waals surface area contributed by atoms with Gasteiger partial charge in [-0.05, 0) is 35.4 Å². The van der Waals surface area contributed by atoms with E-state index in [0.717, 1.165) is 10.8 Å². The van der Waals surface area contributed by atoms with E-state index in [1.165, 1.54) is 16.0 Å². The van der Waals surface area contributed by atoms with Gasteiger partial charge in [0.2, 0.25) is 0 Å². The van der Waals surface area contributed by atoms with E-state index in [9.17, 15) is 0 Å². The van der Waals surface area contributed by atoms with Crippen LogP contribution in [0.4, 0.5) is 0 Å². The average Bonchev–Trinajstić information content (AvgIpc) is 2.39. The van der Waals surface area contributed by atoms with E-state index < -0.39 is 0 Å². The molecular formula is C14H14ClNS. The lowest BCUT2D eigenvalue weighted by Crippen LogP contribution is -1.95. The number of thioether (sulfide) groups is 1. The zero-order valence-electron chi connectivity index (χ0n) is 9.40. The molecule has 0 saturated carbocycles. The van der Waals surface area contributed by atoms with Crippen LogP contribution >= 0.6 is 23.4 Å². The van der Waals surface area contributed by atoms with Gasteiger partial charge in [0.25, 0.3) is 0 Å². The normalized spacial score (nSPS) is 10.5. The van der Waals surface area contributed by atoms with Crippen LogP contribution in [-0.4, -0.2) is 0 Å². The molecule has 0 amide bonds. The second-order valence-corrected chi connectivity index (χ2v) is 5.25. The van der Waals surface area contributed by atoms with Crippen LogP contribution in [0.3, 0.4) is 0 Å². The largest absolute Gasteiger partial charge is 0.326 e. The fourth-order valence-corrected chi connectivity index (χ4v) is 2.45. The molecule has 88 valence electrons. The Labute approximate surface area is 111 Å². The molecule has 2 N–H and O–H groups in total. The van der Waals surface area contributed by atoms with Gasteiger partial charge in [-0.2, -0.15) is 0 Å². The first-order chi connectivity index (χ1) is 8.28. The van der Waals surface area contributed by atoms with Gasteiger partial charge in [-0.3, -0.25) is 0 Å². The Morgan fingerprint density at radius 1 is 0.882 bits per heavy atom. The van der Waals surface area contributed by atoms with Crippen LogP contribution in [0.15, 0.2) is 53.4 Å². The van der Waals surface area contributed by atoms with E-state index in [0.29, 0.717) is 6.54 Å². The summed E-state index contributed by atoms with van der Waals surface area (Å²) in [6, 6.07) is 16.3. The molecule has 0 fully saturated rings. The van der Waals surface area contributed by atoms with E-state index >= 15 is 0 Å². The monoisotopic (exact) mass is 263 g/mol. The third kappa shape index (κ3) is 3.77. The molecule has 0 aliphatic carbocycles. The smallest absolute Gasteiger partial charge is 0.0406 e. The van der Waals surface area contributed by atoms with Gasteiger partial charge in [-0.25, -0.2) is 0 Å². The summed E-state index contributed by atoms with van der Waals surface area (Å²) in [7, 11) is 0. The third-order valence-corrected chi connectivity index (χ3v) is 3.81. The van der Waals surface area contributed by atoms with Crippen molar-refractivity contribution in [2.24, 2.45) is 5.73 Å². The number of halogens is 1. The predicted octanol–water partition coefficient (Wildman–Crippen LogP) is 4.09. The number of hydrogen-bond donors (Lipinski definition) is 1. The van der Waals surface area contributed by atoms with Gasteiger partial charge in [0.05, 0.1) is 0 Å². The topological polar surface area (TPSA) is 26.0 Å². The van der Waals surface area contributed by atoms with Crippen molar-refractivity contribution in [2.45, 2.75) is 17.2 Å². The molecule has 0 aromatic heterocycles. The highest BCUT2D eigenvalue weighted by molar-refractivity contribution is 7.98. The summed E-state index contributed by atoms with van der Waals surface area (Å²) in [6.45, 7) is 0.602. The number of benzene rings is 2. The van der Waals surface area contributed by atoms with Crippen LogP contribution < -0.4 is 5.73 Å². The van der Waals surface area contributed by atoms with Gasteiger partial charge >= 0.3 is 0 Å². The minimum absolute atomic E-state index is 0.602. The Balaban J connectivity index is 1.95. The van der Waals surface area contributed by atoms with Crippen molar-refractivity contribution in [3.63, 3.8) is 0 Å². The maximum Gasteiger partial charge on any atom is 0.0406 e. The SMILES string of the molecule is NCc1ccc(CSc2ccc(Cl)cc2)cc1. The Hall–Kier alpha value is -0.960. The Morgan fingerprint density at radius 3 is 2.06 bits per heavy atom. The van der Waals surface area contributed by atoms with Crippen molar-refractivity contribution >= 4 is 23.4 Å². The zero-order chi connectivity index (χ0) is 12.1. The quantitative estimate of drug-likeness (QED) is 0.841. The van der Waals surface area contributed by atoms with Gasteiger partial charge in [0.15, 0.2) is 0 Å². The van der Waals surface area contributed by atoms with Crippen molar-refractivity contribution in [1.29, 1.82) is 0 Å². The first-order valence-electron chi connectivity index (χ1n) is 5.44. The van der Waals surface area contributed by atoms with E-state index in [-0.39, 0.29) is 0 Å². The highest BCUT2D eigenvalue weighted by atomic mass is 35.5. The van der Waals surface area contributed by atoms with Crippen LogP contribution in [0.1, 0.15) is 11.1 Å². The molecule has 17 heavy (non-hydrogen) atoms. The molecule has 0 aliphatic heterocycles. The summed E-state index contributed by atoms with van der Waals surface area (Å²) in [5, 5.41) is 0.779. The molecule has 0 atom stereocenters. The average molecular weight is 264 g/mol. The minimum Gasteiger partial charge on any atom is -0.326 e. The predicted molar refractivity (Wildman–Crippen MR) is 75.3 cm³/mol. The summed E-state index contributed by atoms with van der Waals surface area (Å²) >= 11 is 7.65. The van der Waals surface area contributed by atoms with E-state index in [1.54, 1.807) is 11.8 Å². The van der Waals surface area contributed by atoms with Crippen molar-refractivity contribution in [1.82, 2.24) is 0 Å². The van der Waals surface area contributed by atoms with E-state index in [4.69, 9.17) is 17.3 Å². The van der Waals surface area contributed by atoms with Crippen LogP contribution in [0.2, 0.25) is 5.02 Å². The maximum atomic E-state index is 5.84. The highest BCUT2D eigenvalue weighted by Gasteiger charge is 1.97. The molecular weight excluding hydrogens is 250 g/mol. The summed E-state index contributed by atoms with van der Waals surface area (Å²) < 4.78 is 0.